The van der Waals surface area contributed by atoms with Crippen molar-refractivity contribution in [3.63, 3.8) is 0 Å². The molecule has 3 nitrogen and oxygen atoms in total. The monoisotopic (exact) mass is 122 g/mol. The van der Waals surface area contributed by atoms with Crippen LogP contribution in [0.4, 0.5) is 0 Å². The summed E-state index contributed by atoms with van der Waals surface area (Å²) in [6.07, 6.45) is 1.41. The van der Waals surface area contributed by atoms with E-state index in [1.165, 1.54) is 12.3 Å². The first-order valence-electron chi connectivity index (χ1n) is 2.43. The molecule has 0 amide bonds. The van der Waals surface area contributed by atoms with Gasteiger partial charge in [-0.05, 0) is 12.1 Å². The molecule has 0 bridgehead atoms. The van der Waals surface area contributed by atoms with Gasteiger partial charge in [0.1, 0.15) is 0 Å². The molecule has 0 fully saturated rings. The Balaban J connectivity index is 2.98. The van der Waals surface area contributed by atoms with Gasteiger partial charge in [-0.1, -0.05) is 6.07 Å². The van der Waals surface area contributed by atoms with Crippen LogP contribution in [0.15, 0.2) is 24.4 Å². The van der Waals surface area contributed by atoms with E-state index in [0.717, 1.165) is 0 Å². The molecule has 1 aromatic heterocycles. The molecular weight excluding hydrogens is 118 g/mol. The van der Waals surface area contributed by atoms with Gasteiger partial charge in [0, 0.05) is 6.20 Å². The van der Waals surface area contributed by atoms with Crippen molar-refractivity contribution in [2.24, 2.45) is 0 Å². The van der Waals surface area contributed by atoms with E-state index in [1.54, 1.807) is 12.1 Å². The van der Waals surface area contributed by atoms with Gasteiger partial charge in [0.15, 0.2) is 5.69 Å². The number of aromatic nitrogens is 1. The summed E-state index contributed by atoms with van der Waals surface area (Å²) < 4.78 is 0. The highest BCUT2D eigenvalue weighted by Crippen LogP contribution is 1.91. The van der Waals surface area contributed by atoms with Crippen molar-refractivity contribution >= 4 is 5.97 Å². The van der Waals surface area contributed by atoms with E-state index in [9.17, 15) is 9.90 Å². The number of carbonyl (C=O) groups excluding carboxylic acids is 1. The van der Waals surface area contributed by atoms with Gasteiger partial charge in [-0.2, -0.15) is 0 Å². The van der Waals surface area contributed by atoms with Gasteiger partial charge in [-0.3, -0.25) is 0 Å². The van der Waals surface area contributed by atoms with Crippen molar-refractivity contribution in [2.45, 2.75) is 0 Å². The summed E-state index contributed by atoms with van der Waals surface area (Å²) in [5, 5.41) is 10.0. The van der Waals surface area contributed by atoms with Gasteiger partial charge >= 0.3 is 5.97 Å². The van der Waals surface area contributed by atoms with Gasteiger partial charge in [0.2, 0.25) is 0 Å². The zero-order chi connectivity index (χ0) is 6.69. The van der Waals surface area contributed by atoms with Crippen LogP contribution in [0.1, 0.15) is 10.5 Å². The second-order valence-electron chi connectivity index (χ2n) is 1.50. The highest BCUT2D eigenvalue weighted by Gasteiger charge is 2.02. The molecule has 1 aromatic rings. The molecule has 0 atom stereocenters. The minimum absolute atomic E-state index is 0.0301. The van der Waals surface area contributed by atoms with E-state index in [-0.39, 0.29) is 5.69 Å². The van der Waals surface area contributed by atoms with E-state index in [4.69, 9.17) is 0 Å². The summed E-state index contributed by atoms with van der Waals surface area (Å²) in [5.74, 6) is -1.24. The highest BCUT2D eigenvalue weighted by atomic mass is 16.4. The third-order valence-corrected chi connectivity index (χ3v) is 0.874. The number of nitrogens with zero attached hydrogens (tertiary/aromatic N) is 1. The van der Waals surface area contributed by atoms with Crippen LogP contribution in [0.25, 0.3) is 0 Å². The minimum atomic E-state index is -1.24. The van der Waals surface area contributed by atoms with Crippen LogP contribution in [0.3, 0.4) is 0 Å². The van der Waals surface area contributed by atoms with Crippen LogP contribution in [-0.2, 0) is 5.11 Å². The third-order valence-electron chi connectivity index (χ3n) is 0.874. The molecule has 0 N–H and O–H groups in total. The van der Waals surface area contributed by atoms with E-state index in [2.05, 4.69) is 4.98 Å². The number of pyridine rings is 1. The first-order chi connectivity index (χ1) is 4.30. The Labute approximate surface area is 52.0 Å². The number of rotatable bonds is 1. The zero-order valence-corrected chi connectivity index (χ0v) is 4.57. The first-order valence-corrected chi connectivity index (χ1v) is 2.43. The lowest BCUT2D eigenvalue weighted by molar-refractivity contribution is 0.0566. The number of hydrogen-bond acceptors (Lipinski definition) is 2. The van der Waals surface area contributed by atoms with Crippen LogP contribution >= 0.6 is 0 Å². The molecule has 9 heavy (non-hydrogen) atoms. The Bertz CT molecular complexity index is 208. The largest absolute Gasteiger partial charge is 0.404 e. The molecule has 0 saturated heterocycles. The molecule has 3 heteroatoms. The standard InChI is InChI=1S/C6H4NO2/c8-6(9)5-3-1-2-4-7-5/h1-4H. The van der Waals surface area contributed by atoms with Crippen LogP contribution < -0.4 is 0 Å². The fourth-order valence-corrected chi connectivity index (χ4v) is 0.484. The molecule has 0 aromatic carbocycles. The summed E-state index contributed by atoms with van der Waals surface area (Å²) in [5.41, 5.74) is -0.0301. The quantitative estimate of drug-likeness (QED) is 0.549. The maximum atomic E-state index is 10.0. The van der Waals surface area contributed by atoms with E-state index in [1.807, 2.05) is 0 Å². The van der Waals surface area contributed by atoms with Gasteiger partial charge in [-0.25, -0.2) is 14.9 Å². The van der Waals surface area contributed by atoms with Gasteiger partial charge in [-0.15, -0.1) is 0 Å². The van der Waals surface area contributed by atoms with Crippen molar-refractivity contribution in [3.8, 4) is 0 Å². The average Bonchev–Trinajstić information content (AvgIpc) is 1.90. The highest BCUT2D eigenvalue weighted by molar-refractivity contribution is 5.84. The molecule has 0 spiro atoms. The summed E-state index contributed by atoms with van der Waals surface area (Å²) in [4.78, 5) is 13.5. The summed E-state index contributed by atoms with van der Waals surface area (Å²) in [6.45, 7) is 0. The topological polar surface area (TPSA) is 49.9 Å². The number of carbonyl (C=O) groups is 1. The van der Waals surface area contributed by atoms with Crippen LogP contribution in [0, 0.1) is 0 Å². The van der Waals surface area contributed by atoms with Crippen LogP contribution in [0.2, 0.25) is 0 Å². The maximum Gasteiger partial charge on any atom is 0.404 e. The smallest absolute Gasteiger partial charge is 0.249 e. The Kier molecular flexibility index (Phi) is 1.44. The van der Waals surface area contributed by atoms with Crippen molar-refractivity contribution in [3.05, 3.63) is 30.1 Å². The molecule has 1 heterocycles. The fraction of sp³-hybridized carbons (Fsp3) is 0. The first kappa shape index (κ1) is 5.75. The Morgan fingerprint density at radius 1 is 1.44 bits per heavy atom. The SMILES string of the molecule is [O]C(=O)c1ccccn1. The maximum absolute atomic E-state index is 10.0. The molecule has 0 unspecified atom stereocenters. The molecule has 1 radical (unpaired) electrons. The van der Waals surface area contributed by atoms with Crippen LogP contribution in [-0.4, -0.2) is 11.0 Å². The van der Waals surface area contributed by atoms with Crippen molar-refractivity contribution in [2.75, 3.05) is 0 Å². The van der Waals surface area contributed by atoms with Crippen molar-refractivity contribution in [1.82, 2.24) is 4.98 Å². The Morgan fingerprint density at radius 2 is 2.22 bits per heavy atom. The molecular formula is C6H4NO2. The second-order valence-corrected chi connectivity index (χ2v) is 1.50. The molecule has 0 aliphatic rings. The zero-order valence-electron chi connectivity index (χ0n) is 4.57. The summed E-state index contributed by atoms with van der Waals surface area (Å²) in [7, 11) is 0. The van der Waals surface area contributed by atoms with Crippen molar-refractivity contribution in [1.29, 1.82) is 0 Å². The molecule has 0 saturated carbocycles. The van der Waals surface area contributed by atoms with Gasteiger partial charge in [0.25, 0.3) is 0 Å². The molecule has 0 aliphatic carbocycles. The predicted molar refractivity (Wildman–Crippen MR) is 29.3 cm³/mol. The lowest BCUT2D eigenvalue weighted by Crippen LogP contribution is -1.95. The summed E-state index contributed by atoms with van der Waals surface area (Å²) >= 11 is 0. The van der Waals surface area contributed by atoms with Crippen LogP contribution in [0.5, 0.6) is 0 Å². The fourth-order valence-electron chi connectivity index (χ4n) is 0.484. The minimum Gasteiger partial charge on any atom is -0.249 e. The second kappa shape index (κ2) is 2.26. The average molecular weight is 122 g/mol. The summed E-state index contributed by atoms with van der Waals surface area (Å²) in [6, 6.07) is 4.62. The molecule has 0 aliphatic heterocycles. The van der Waals surface area contributed by atoms with E-state index >= 15 is 0 Å². The molecule has 45 valence electrons. The normalized spacial score (nSPS) is 8.89. The van der Waals surface area contributed by atoms with E-state index < -0.39 is 5.97 Å². The predicted octanol–water partition coefficient (Wildman–Crippen LogP) is 0.652. The van der Waals surface area contributed by atoms with Gasteiger partial charge in [0.05, 0.1) is 0 Å². The Hall–Kier alpha value is -1.38. The Morgan fingerprint density at radius 3 is 2.56 bits per heavy atom. The van der Waals surface area contributed by atoms with Crippen molar-refractivity contribution < 1.29 is 9.90 Å². The number of hydrogen-bond donors (Lipinski definition) is 0. The third kappa shape index (κ3) is 1.25. The van der Waals surface area contributed by atoms with E-state index in [0.29, 0.717) is 0 Å². The molecule has 1 rings (SSSR count). The lowest BCUT2D eigenvalue weighted by Gasteiger charge is -1.84. The lowest BCUT2D eigenvalue weighted by atomic mass is 10.4. The van der Waals surface area contributed by atoms with Gasteiger partial charge < -0.3 is 0 Å².